The summed E-state index contributed by atoms with van der Waals surface area (Å²) in [5.74, 6) is -0.0328. The van der Waals surface area contributed by atoms with Crippen LogP contribution < -0.4 is 5.43 Å². The minimum Gasteiger partial charge on any atom is -0.339 e. The Balaban J connectivity index is 1.70. The van der Waals surface area contributed by atoms with Gasteiger partial charge in [-0.25, -0.2) is 0 Å². The molecule has 26 heavy (non-hydrogen) atoms. The maximum absolute atomic E-state index is 12.7. The molecule has 1 aliphatic rings. The second-order valence-corrected chi connectivity index (χ2v) is 5.99. The van der Waals surface area contributed by atoms with Gasteiger partial charge < -0.3 is 4.90 Å². The lowest BCUT2D eigenvalue weighted by Gasteiger charge is -2.27. The lowest BCUT2D eigenvalue weighted by Crippen LogP contribution is -2.35. The molecule has 2 aromatic rings. The number of amides is 1. The summed E-state index contributed by atoms with van der Waals surface area (Å²) < 4.78 is 0. The normalized spacial score (nSPS) is 14.4. The van der Waals surface area contributed by atoms with Crippen LogP contribution in [0.4, 0.5) is 17.1 Å². The van der Waals surface area contributed by atoms with Crippen molar-refractivity contribution in [1.82, 2.24) is 4.90 Å². The van der Waals surface area contributed by atoms with E-state index in [1.165, 1.54) is 12.1 Å². The Bertz CT molecular complexity index is 814. The molecule has 8 nitrogen and oxygen atoms in total. The van der Waals surface area contributed by atoms with Crippen LogP contribution in [0, 0.1) is 10.1 Å². The number of carbonyl (C=O) groups is 1. The van der Waals surface area contributed by atoms with Crippen LogP contribution in [-0.4, -0.2) is 28.8 Å². The fourth-order valence-electron chi connectivity index (χ4n) is 2.80. The maximum atomic E-state index is 12.7. The van der Waals surface area contributed by atoms with Gasteiger partial charge in [0, 0.05) is 25.2 Å². The highest BCUT2D eigenvalue weighted by atomic mass is 16.6. The number of anilines is 1. The van der Waals surface area contributed by atoms with Gasteiger partial charge >= 0.3 is 0 Å². The fourth-order valence-corrected chi connectivity index (χ4v) is 2.80. The fraction of sp³-hybridized carbons (Fsp3) is 0.278. The lowest BCUT2D eigenvalue weighted by atomic mass is 10.1. The Morgan fingerprint density at radius 3 is 2.42 bits per heavy atom. The van der Waals surface area contributed by atoms with Crippen molar-refractivity contribution in [2.24, 2.45) is 10.3 Å². The molecule has 8 heteroatoms. The van der Waals surface area contributed by atoms with Crippen molar-refractivity contribution in [2.45, 2.75) is 19.3 Å². The first kappa shape index (κ1) is 17.5. The van der Waals surface area contributed by atoms with Gasteiger partial charge in [-0.3, -0.25) is 20.3 Å². The summed E-state index contributed by atoms with van der Waals surface area (Å²) in [7, 11) is 0. The van der Waals surface area contributed by atoms with E-state index in [0.717, 1.165) is 32.4 Å². The zero-order chi connectivity index (χ0) is 18.4. The van der Waals surface area contributed by atoms with Crippen LogP contribution in [0.1, 0.15) is 29.6 Å². The number of benzene rings is 2. The zero-order valence-electron chi connectivity index (χ0n) is 14.2. The van der Waals surface area contributed by atoms with Gasteiger partial charge in [-0.05, 0) is 43.5 Å². The molecule has 3 rings (SSSR count). The van der Waals surface area contributed by atoms with Crippen molar-refractivity contribution in [2.75, 3.05) is 18.5 Å². The Morgan fingerprint density at radius 2 is 1.73 bits per heavy atom. The molecule has 0 bridgehead atoms. The Hall–Kier alpha value is -3.29. The van der Waals surface area contributed by atoms with Gasteiger partial charge in [-0.2, -0.15) is 0 Å². The second-order valence-electron chi connectivity index (χ2n) is 5.99. The quantitative estimate of drug-likeness (QED) is 0.491. The minimum absolute atomic E-state index is 0.00460. The summed E-state index contributed by atoms with van der Waals surface area (Å²) in [4.78, 5) is 24.7. The maximum Gasteiger partial charge on any atom is 0.269 e. The average Bonchev–Trinajstić information content (AvgIpc) is 2.69. The minimum atomic E-state index is -0.465. The molecule has 0 atom stereocenters. The third-order valence-electron chi connectivity index (χ3n) is 4.19. The molecule has 0 saturated carbocycles. The van der Waals surface area contributed by atoms with E-state index in [1.54, 1.807) is 36.4 Å². The Labute approximate surface area is 150 Å². The zero-order valence-corrected chi connectivity index (χ0v) is 14.2. The van der Waals surface area contributed by atoms with E-state index < -0.39 is 4.92 Å². The van der Waals surface area contributed by atoms with E-state index in [-0.39, 0.29) is 11.6 Å². The molecule has 1 fully saturated rings. The molecule has 134 valence electrons. The van der Waals surface area contributed by atoms with Gasteiger partial charge in [-0.15, -0.1) is 5.11 Å². The van der Waals surface area contributed by atoms with Gasteiger partial charge in [-0.1, -0.05) is 17.4 Å². The van der Waals surface area contributed by atoms with Crippen LogP contribution in [0.3, 0.4) is 0 Å². The molecule has 2 aromatic carbocycles. The van der Waals surface area contributed by atoms with Gasteiger partial charge in [0.05, 0.1) is 16.2 Å². The predicted octanol–water partition coefficient (Wildman–Crippen LogP) is 4.33. The van der Waals surface area contributed by atoms with Crippen LogP contribution in [0.15, 0.2) is 58.9 Å². The molecule has 0 aromatic heterocycles. The highest BCUT2D eigenvalue weighted by Gasteiger charge is 2.20. The van der Waals surface area contributed by atoms with E-state index in [4.69, 9.17) is 0 Å². The van der Waals surface area contributed by atoms with Gasteiger partial charge in [0.25, 0.3) is 11.6 Å². The number of hydrogen-bond acceptors (Lipinski definition) is 5. The standard InChI is InChI=1S/C18H19N5O3/c24-18(22-12-4-1-5-13-22)16-6-2-3-7-17(16)20-21-19-14-8-10-15(11-9-14)23(25)26/h2-3,6-11H,1,4-5,12-13H2,(H,19,20). The van der Waals surface area contributed by atoms with Crippen molar-refractivity contribution in [3.63, 3.8) is 0 Å². The third kappa shape index (κ3) is 4.21. The van der Waals surface area contributed by atoms with Gasteiger partial charge in [0.1, 0.15) is 5.69 Å². The Kier molecular flexibility index (Phi) is 5.52. The number of nitro groups is 1. The van der Waals surface area contributed by atoms with Crippen molar-refractivity contribution in [3.8, 4) is 0 Å². The van der Waals surface area contributed by atoms with Crippen molar-refractivity contribution in [3.05, 3.63) is 64.2 Å². The average molecular weight is 353 g/mol. The predicted molar refractivity (Wildman–Crippen MR) is 97.4 cm³/mol. The first-order valence-corrected chi connectivity index (χ1v) is 8.44. The molecule has 1 N–H and O–H groups in total. The number of nitrogens with one attached hydrogen (secondary N) is 1. The number of likely N-dealkylation sites (tertiary alicyclic amines) is 1. The SMILES string of the molecule is O=C(c1ccccc1N=NNc1ccc([N+](=O)[O-])cc1)N1CCCCC1. The largest absolute Gasteiger partial charge is 0.339 e. The molecule has 0 unspecified atom stereocenters. The number of hydrogen-bond donors (Lipinski definition) is 1. The first-order valence-electron chi connectivity index (χ1n) is 8.44. The number of piperidine rings is 1. The molecule has 1 heterocycles. The molecular formula is C18H19N5O3. The summed E-state index contributed by atoms with van der Waals surface area (Å²) >= 11 is 0. The highest BCUT2D eigenvalue weighted by Crippen LogP contribution is 2.23. The molecule has 1 saturated heterocycles. The lowest BCUT2D eigenvalue weighted by molar-refractivity contribution is -0.384. The van der Waals surface area contributed by atoms with E-state index in [0.29, 0.717) is 16.9 Å². The summed E-state index contributed by atoms with van der Waals surface area (Å²) in [6.45, 7) is 1.54. The molecule has 1 aliphatic heterocycles. The van der Waals surface area contributed by atoms with Gasteiger partial charge in [0.2, 0.25) is 0 Å². The van der Waals surface area contributed by atoms with Crippen molar-refractivity contribution < 1.29 is 9.72 Å². The van der Waals surface area contributed by atoms with Crippen molar-refractivity contribution >= 4 is 23.0 Å². The number of carbonyl (C=O) groups excluding carboxylic acids is 1. The van der Waals surface area contributed by atoms with E-state index >= 15 is 0 Å². The molecule has 0 aliphatic carbocycles. The molecule has 1 amide bonds. The highest BCUT2D eigenvalue weighted by molar-refractivity contribution is 5.98. The van der Waals surface area contributed by atoms with E-state index in [2.05, 4.69) is 15.8 Å². The Morgan fingerprint density at radius 1 is 1.04 bits per heavy atom. The molecule has 0 spiro atoms. The van der Waals surface area contributed by atoms with Crippen molar-refractivity contribution in [1.29, 1.82) is 0 Å². The number of nitro benzene ring substituents is 1. The van der Waals surface area contributed by atoms with Crippen LogP contribution in [0.25, 0.3) is 0 Å². The monoisotopic (exact) mass is 353 g/mol. The topological polar surface area (TPSA) is 100 Å². The van der Waals surface area contributed by atoms with Gasteiger partial charge in [0.15, 0.2) is 0 Å². The summed E-state index contributed by atoms with van der Waals surface area (Å²) in [5, 5.41) is 18.7. The number of rotatable bonds is 5. The number of non-ortho nitro benzene ring substituents is 1. The van der Waals surface area contributed by atoms with E-state index in [1.807, 2.05) is 4.90 Å². The molecule has 0 radical (unpaired) electrons. The van der Waals surface area contributed by atoms with Crippen LogP contribution in [-0.2, 0) is 0 Å². The summed E-state index contributed by atoms with van der Waals surface area (Å²) in [6.07, 6.45) is 3.21. The van der Waals surface area contributed by atoms with Crippen LogP contribution in [0.5, 0.6) is 0 Å². The smallest absolute Gasteiger partial charge is 0.269 e. The summed E-state index contributed by atoms with van der Waals surface area (Å²) in [6, 6.07) is 12.9. The summed E-state index contributed by atoms with van der Waals surface area (Å²) in [5.41, 5.74) is 4.29. The van der Waals surface area contributed by atoms with Crippen LogP contribution >= 0.6 is 0 Å². The second kappa shape index (κ2) is 8.19. The first-order chi connectivity index (χ1) is 12.6. The van der Waals surface area contributed by atoms with E-state index in [9.17, 15) is 14.9 Å². The third-order valence-corrected chi connectivity index (χ3v) is 4.19. The van der Waals surface area contributed by atoms with Crippen LogP contribution in [0.2, 0.25) is 0 Å². The molecular weight excluding hydrogens is 334 g/mol. The number of nitrogens with zero attached hydrogens (tertiary/aromatic N) is 4.